The molecule has 1 aromatic heterocycles. The van der Waals surface area contributed by atoms with E-state index in [1.54, 1.807) is 0 Å². The number of amides is 2. The maximum atomic E-state index is 12.0. The van der Waals surface area contributed by atoms with Crippen molar-refractivity contribution in [2.45, 2.75) is 26.4 Å². The number of aromatic nitrogens is 1. The van der Waals surface area contributed by atoms with Gasteiger partial charge in [0.15, 0.2) is 11.5 Å². The fraction of sp³-hybridized carbons (Fsp3) is 0.333. The number of benzene rings is 1. The number of hydrogen-bond donors (Lipinski definition) is 2. The summed E-state index contributed by atoms with van der Waals surface area (Å²) in [5, 5.41) is 5.64. The molecular formula is C18H21N3O3. The van der Waals surface area contributed by atoms with Crippen molar-refractivity contribution in [1.29, 1.82) is 0 Å². The number of carbonyl (C=O) groups excluding carboxylic acids is 1. The van der Waals surface area contributed by atoms with Crippen LogP contribution < -0.4 is 20.1 Å². The van der Waals surface area contributed by atoms with Crippen LogP contribution in [-0.4, -0.2) is 30.3 Å². The second-order valence-corrected chi connectivity index (χ2v) is 5.75. The highest BCUT2D eigenvalue weighted by molar-refractivity contribution is 5.89. The lowest BCUT2D eigenvalue weighted by atomic mass is 10.2. The van der Waals surface area contributed by atoms with Gasteiger partial charge in [0.25, 0.3) is 0 Å². The first-order valence-corrected chi connectivity index (χ1v) is 7.99. The summed E-state index contributed by atoms with van der Waals surface area (Å²) in [6.45, 7) is 4.77. The van der Waals surface area contributed by atoms with Gasteiger partial charge in [0, 0.05) is 18.7 Å². The van der Waals surface area contributed by atoms with Crippen molar-refractivity contribution in [3.8, 4) is 11.5 Å². The molecule has 1 atom stereocenters. The van der Waals surface area contributed by atoms with Crippen LogP contribution in [0.4, 0.5) is 10.5 Å². The zero-order valence-corrected chi connectivity index (χ0v) is 13.8. The normalized spacial score (nSPS) is 15.7. The third kappa shape index (κ3) is 3.95. The molecule has 2 aromatic rings. The third-order valence-electron chi connectivity index (χ3n) is 3.79. The lowest BCUT2D eigenvalue weighted by Crippen LogP contribution is -2.36. The fourth-order valence-electron chi connectivity index (χ4n) is 2.54. The molecule has 126 valence electrons. The van der Waals surface area contributed by atoms with E-state index in [1.807, 2.05) is 50.2 Å². The largest absolute Gasteiger partial charge is 0.486 e. The molecule has 2 N–H and O–H groups in total. The monoisotopic (exact) mass is 327 g/mol. The van der Waals surface area contributed by atoms with Crippen molar-refractivity contribution in [2.24, 2.45) is 0 Å². The summed E-state index contributed by atoms with van der Waals surface area (Å²) in [5.74, 6) is 1.52. The van der Waals surface area contributed by atoms with Gasteiger partial charge in [-0.25, -0.2) is 4.79 Å². The van der Waals surface area contributed by atoms with Gasteiger partial charge in [-0.05, 0) is 38.1 Å². The SMILES string of the molecule is Cc1ccc(NC(=O)NCCC2COc3ccccc3O2)c(C)n1. The molecule has 1 aliphatic rings. The van der Waals surface area contributed by atoms with E-state index < -0.39 is 0 Å². The van der Waals surface area contributed by atoms with E-state index >= 15 is 0 Å². The van der Waals surface area contributed by atoms with Gasteiger partial charge in [-0.1, -0.05) is 12.1 Å². The van der Waals surface area contributed by atoms with Gasteiger partial charge in [-0.3, -0.25) is 4.98 Å². The molecule has 6 nitrogen and oxygen atoms in total. The number of aryl methyl sites for hydroxylation is 2. The summed E-state index contributed by atoms with van der Waals surface area (Å²) < 4.78 is 11.5. The van der Waals surface area contributed by atoms with Crippen molar-refractivity contribution >= 4 is 11.7 Å². The van der Waals surface area contributed by atoms with Crippen molar-refractivity contribution in [3.05, 3.63) is 47.8 Å². The zero-order valence-electron chi connectivity index (χ0n) is 13.8. The highest BCUT2D eigenvalue weighted by atomic mass is 16.6. The van der Waals surface area contributed by atoms with E-state index in [1.165, 1.54) is 0 Å². The van der Waals surface area contributed by atoms with Gasteiger partial charge in [0.2, 0.25) is 0 Å². The van der Waals surface area contributed by atoms with Gasteiger partial charge in [0.05, 0.1) is 11.4 Å². The van der Waals surface area contributed by atoms with Crippen LogP contribution in [0.5, 0.6) is 11.5 Å². The molecule has 2 heterocycles. The van der Waals surface area contributed by atoms with Crippen LogP contribution in [0.25, 0.3) is 0 Å². The Morgan fingerprint density at radius 3 is 2.79 bits per heavy atom. The molecule has 0 spiro atoms. The molecule has 0 aliphatic carbocycles. The maximum absolute atomic E-state index is 12.0. The van der Waals surface area contributed by atoms with Crippen molar-refractivity contribution < 1.29 is 14.3 Å². The van der Waals surface area contributed by atoms with E-state index in [2.05, 4.69) is 15.6 Å². The molecule has 0 bridgehead atoms. The number of ether oxygens (including phenoxy) is 2. The molecule has 2 amide bonds. The van der Waals surface area contributed by atoms with Gasteiger partial charge < -0.3 is 20.1 Å². The van der Waals surface area contributed by atoms with Crippen LogP contribution in [0.15, 0.2) is 36.4 Å². The Morgan fingerprint density at radius 1 is 1.21 bits per heavy atom. The van der Waals surface area contributed by atoms with Crippen LogP contribution in [-0.2, 0) is 0 Å². The summed E-state index contributed by atoms with van der Waals surface area (Å²) in [7, 11) is 0. The molecule has 0 saturated carbocycles. The standard InChI is InChI=1S/C18H21N3O3/c1-12-7-8-15(13(2)20-12)21-18(22)19-10-9-14-11-23-16-5-3-4-6-17(16)24-14/h3-8,14H,9-11H2,1-2H3,(H2,19,21,22). The molecule has 1 aromatic carbocycles. The number of carbonyl (C=O) groups is 1. The smallest absolute Gasteiger partial charge is 0.319 e. The summed E-state index contributed by atoms with van der Waals surface area (Å²) >= 11 is 0. The quantitative estimate of drug-likeness (QED) is 0.905. The number of para-hydroxylation sites is 2. The average Bonchev–Trinajstić information content (AvgIpc) is 2.57. The van der Waals surface area contributed by atoms with E-state index in [9.17, 15) is 4.79 Å². The number of urea groups is 1. The molecule has 0 saturated heterocycles. The molecule has 1 aliphatic heterocycles. The predicted molar refractivity (Wildman–Crippen MR) is 91.7 cm³/mol. The number of fused-ring (bicyclic) bond motifs is 1. The first-order valence-electron chi connectivity index (χ1n) is 7.99. The minimum absolute atomic E-state index is 0.0667. The van der Waals surface area contributed by atoms with Crippen LogP contribution in [0.2, 0.25) is 0 Å². The Morgan fingerprint density at radius 2 is 2.00 bits per heavy atom. The highest BCUT2D eigenvalue weighted by Crippen LogP contribution is 2.31. The first-order chi connectivity index (χ1) is 11.6. The van der Waals surface area contributed by atoms with Crippen molar-refractivity contribution in [2.75, 3.05) is 18.5 Å². The summed E-state index contributed by atoms with van der Waals surface area (Å²) in [6, 6.07) is 11.1. The Balaban J connectivity index is 1.44. The average molecular weight is 327 g/mol. The second kappa shape index (κ2) is 7.21. The van der Waals surface area contributed by atoms with E-state index in [4.69, 9.17) is 9.47 Å². The molecular weight excluding hydrogens is 306 g/mol. The Bertz CT molecular complexity index is 733. The molecule has 0 fully saturated rings. The van der Waals surface area contributed by atoms with Gasteiger partial charge in [-0.2, -0.15) is 0 Å². The highest BCUT2D eigenvalue weighted by Gasteiger charge is 2.20. The molecule has 24 heavy (non-hydrogen) atoms. The van der Waals surface area contributed by atoms with E-state index in [0.29, 0.717) is 25.3 Å². The Kier molecular flexibility index (Phi) is 4.84. The molecule has 6 heteroatoms. The van der Waals surface area contributed by atoms with Crippen LogP contribution in [0, 0.1) is 13.8 Å². The van der Waals surface area contributed by atoms with E-state index in [-0.39, 0.29) is 12.1 Å². The summed E-state index contributed by atoms with van der Waals surface area (Å²) in [4.78, 5) is 16.3. The van der Waals surface area contributed by atoms with Crippen molar-refractivity contribution in [3.63, 3.8) is 0 Å². The summed E-state index contributed by atoms with van der Waals surface area (Å²) in [6.07, 6.45) is 0.607. The number of rotatable bonds is 4. The predicted octanol–water partition coefficient (Wildman–Crippen LogP) is 3.05. The summed E-state index contributed by atoms with van der Waals surface area (Å²) in [5.41, 5.74) is 2.43. The molecule has 3 rings (SSSR count). The van der Waals surface area contributed by atoms with Crippen LogP contribution in [0.3, 0.4) is 0 Å². The lowest BCUT2D eigenvalue weighted by Gasteiger charge is -2.26. The zero-order chi connectivity index (χ0) is 16.9. The third-order valence-corrected chi connectivity index (χ3v) is 3.79. The van der Waals surface area contributed by atoms with Crippen LogP contribution in [0.1, 0.15) is 17.8 Å². The number of hydrogen-bond acceptors (Lipinski definition) is 4. The number of nitrogens with zero attached hydrogens (tertiary/aromatic N) is 1. The maximum Gasteiger partial charge on any atom is 0.319 e. The van der Waals surface area contributed by atoms with Gasteiger partial charge in [0.1, 0.15) is 12.7 Å². The van der Waals surface area contributed by atoms with E-state index in [0.717, 1.165) is 22.9 Å². The first kappa shape index (κ1) is 16.1. The second-order valence-electron chi connectivity index (χ2n) is 5.75. The van der Waals surface area contributed by atoms with Gasteiger partial charge >= 0.3 is 6.03 Å². The molecule has 1 unspecified atom stereocenters. The number of pyridine rings is 1. The minimum Gasteiger partial charge on any atom is -0.486 e. The number of nitrogens with one attached hydrogen (secondary N) is 2. The van der Waals surface area contributed by atoms with Crippen molar-refractivity contribution in [1.82, 2.24) is 10.3 Å². The Labute approximate surface area is 141 Å². The number of anilines is 1. The topological polar surface area (TPSA) is 72.5 Å². The minimum atomic E-state index is -0.249. The Hall–Kier alpha value is -2.76. The lowest BCUT2D eigenvalue weighted by molar-refractivity contribution is 0.0854. The molecule has 0 radical (unpaired) electrons. The fourth-order valence-corrected chi connectivity index (χ4v) is 2.54. The van der Waals surface area contributed by atoms with Gasteiger partial charge in [-0.15, -0.1) is 0 Å². The van der Waals surface area contributed by atoms with Crippen LogP contribution >= 0.6 is 0 Å².